The van der Waals surface area contributed by atoms with Gasteiger partial charge in [-0.3, -0.25) is 0 Å². The minimum absolute atomic E-state index is 0.169. The van der Waals surface area contributed by atoms with Crippen molar-refractivity contribution in [2.75, 3.05) is 12.3 Å². The lowest BCUT2D eigenvalue weighted by molar-refractivity contribution is 0.272. The molecule has 0 aromatic heterocycles. The molecule has 0 amide bonds. The molecule has 1 aromatic rings. The summed E-state index contributed by atoms with van der Waals surface area (Å²) in [6.45, 7) is 4.60. The number of ether oxygens (including phenoxy) is 1. The molecule has 2 N–H and O–H groups in total. The minimum atomic E-state index is -2.59. The lowest BCUT2D eigenvalue weighted by Gasteiger charge is -2.12. The predicted molar refractivity (Wildman–Crippen MR) is 60.7 cm³/mol. The van der Waals surface area contributed by atoms with Crippen LogP contribution in [0.1, 0.15) is 13.8 Å². The fourth-order valence-corrected chi connectivity index (χ4v) is 1.31. The average molecular weight is 244 g/mol. The van der Waals surface area contributed by atoms with Gasteiger partial charge in [0.25, 0.3) is 0 Å². The number of anilines is 1. The van der Waals surface area contributed by atoms with Crippen LogP contribution in [0.5, 0.6) is 11.5 Å². The van der Waals surface area contributed by atoms with Gasteiger partial charge in [-0.05, 0) is 18.1 Å². The molecule has 0 radical (unpaired) electrons. The lowest BCUT2D eigenvalue weighted by Crippen LogP contribution is -2.06. The van der Waals surface area contributed by atoms with Gasteiger partial charge >= 0.3 is 0 Å². The Labute approximate surface area is 97.0 Å². The summed E-state index contributed by atoms with van der Waals surface area (Å²) in [7, 11) is 0. The fraction of sp³-hybridized carbons (Fsp3) is 0.400. The molecule has 5 nitrogen and oxygen atoms in total. The van der Waals surface area contributed by atoms with Crippen molar-refractivity contribution in [2.24, 2.45) is 5.92 Å². The topological polar surface area (TPSA) is 84.6 Å². The summed E-state index contributed by atoms with van der Waals surface area (Å²) >= 11 is -2.59. The van der Waals surface area contributed by atoms with Crippen molar-refractivity contribution in [3.05, 3.63) is 18.2 Å². The van der Waals surface area contributed by atoms with Gasteiger partial charge in [-0.15, -0.1) is 0 Å². The zero-order valence-electron chi connectivity index (χ0n) is 9.14. The van der Waals surface area contributed by atoms with Gasteiger partial charge in [-0.2, -0.15) is 0 Å². The van der Waals surface area contributed by atoms with Crippen molar-refractivity contribution in [3.8, 4) is 11.5 Å². The third-order valence-corrected chi connectivity index (χ3v) is 2.05. The third-order valence-electron chi connectivity index (χ3n) is 1.72. The van der Waals surface area contributed by atoms with E-state index < -0.39 is 11.4 Å². The average Bonchev–Trinajstić information content (AvgIpc) is 2.15. The Kier molecular flexibility index (Phi) is 4.57. The van der Waals surface area contributed by atoms with Gasteiger partial charge in [0.1, 0.15) is 22.9 Å². The maximum atomic E-state index is 10.3. The zero-order chi connectivity index (χ0) is 12.1. The van der Waals surface area contributed by atoms with E-state index in [1.165, 1.54) is 12.1 Å². The predicted octanol–water partition coefficient (Wildman–Crippen LogP) is 1.48. The quantitative estimate of drug-likeness (QED) is 0.626. The number of hydrogen-bond donors (Lipinski definition) is 1. The van der Waals surface area contributed by atoms with Crippen molar-refractivity contribution >= 4 is 17.0 Å². The van der Waals surface area contributed by atoms with E-state index in [9.17, 15) is 8.76 Å². The Morgan fingerprint density at radius 1 is 1.50 bits per heavy atom. The van der Waals surface area contributed by atoms with E-state index in [1.807, 2.05) is 13.8 Å². The second-order valence-electron chi connectivity index (χ2n) is 3.69. The van der Waals surface area contributed by atoms with Crippen LogP contribution < -0.4 is 14.7 Å². The molecule has 0 spiro atoms. The maximum Gasteiger partial charge on any atom is 0.142 e. The molecule has 0 saturated heterocycles. The van der Waals surface area contributed by atoms with Gasteiger partial charge in [0, 0.05) is 6.07 Å². The molecule has 1 aromatic carbocycles. The minimum Gasteiger partial charge on any atom is -0.740 e. The van der Waals surface area contributed by atoms with Crippen molar-refractivity contribution in [2.45, 2.75) is 13.8 Å². The molecule has 0 aliphatic heterocycles. The van der Waals surface area contributed by atoms with Crippen molar-refractivity contribution in [1.29, 1.82) is 0 Å². The van der Waals surface area contributed by atoms with Crippen molar-refractivity contribution in [3.63, 3.8) is 0 Å². The van der Waals surface area contributed by atoms with E-state index in [-0.39, 0.29) is 5.75 Å². The number of hydrogen-bond acceptors (Lipinski definition) is 5. The first-order valence-corrected chi connectivity index (χ1v) is 5.79. The summed E-state index contributed by atoms with van der Waals surface area (Å²) in [5.41, 5.74) is 6.03. The smallest absolute Gasteiger partial charge is 0.142 e. The van der Waals surface area contributed by atoms with E-state index in [0.29, 0.717) is 24.0 Å². The van der Waals surface area contributed by atoms with Gasteiger partial charge < -0.3 is 19.2 Å². The number of nitrogens with two attached hydrogens (primary N) is 1. The van der Waals surface area contributed by atoms with Crippen LogP contribution >= 0.6 is 0 Å². The van der Waals surface area contributed by atoms with E-state index in [0.717, 1.165) is 0 Å². The Morgan fingerprint density at radius 2 is 2.19 bits per heavy atom. The fourth-order valence-electron chi connectivity index (χ4n) is 1.04. The first kappa shape index (κ1) is 12.8. The van der Waals surface area contributed by atoms with Crippen molar-refractivity contribution < 1.29 is 17.7 Å². The summed E-state index contributed by atoms with van der Waals surface area (Å²) in [5.74, 6) is 1.09. The normalized spacial score (nSPS) is 12.5. The second kappa shape index (κ2) is 5.72. The van der Waals surface area contributed by atoms with Crippen LogP contribution in [0.4, 0.5) is 5.69 Å². The van der Waals surface area contributed by atoms with Gasteiger partial charge in [-0.1, -0.05) is 13.8 Å². The number of nitrogen functional groups attached to an aromatic ring is 1. The molecule has 1 rings (SSSR count). The van der Waals surface area contributed by atoms with Gasteiger partial charge in [0.2, 0.25) is 0 Å². The molecule has 90 valence electrons. The Bertz CT molecular complexity index is 381. The zero-order valence-corrected chi connectivity index (χ0v) is 9.95. The van der Waals surface area contributed by atoms with E-state index >= 15 is 0 Å². The molecule has 16 heavy (non-hydrogen) atoms. The van der Waals surface area contributed by atoms with E-state index in [4.69, 9.17) is 10.5 Å². The Hall–Kier alpha value is -1.27. The summed E-state index contributed by atoms with van der Waals surface area (Å²) in [6.07, 6.45) is 0. The molecule has 0 aliphatic rings. The molecule has 0 heterocycles. The van der Waals surface area contributed by atoms with Crippen LogP contribution in [0.15, 0.2) is 18.2 Å². The monoisotopic (exact) mass is 244 g/mol. The molecular formula is C10H14NO4S-. The van der Waals surface area contributed by atoms with Crippen LogP contribution in [-0.4, -0.2) is 15.4 Å². The highest BCUT2D eigenvalue weighted by Gasteiger charge is 2.04. The molecule has 6 heteroatoms. The summed E-state index contributed by atoms with van der Waals surface area (Å²) < 4.78 is 30.5. The standard InChI is InChI=1S/C10H15NO4S/c1-7(2)6-14-10-4-3-8(5-9(10)11)15-16(12)13/h3-5,7H,6,11H2,1-2H3,(H,12,13)/p-1. The van der Waals surface area contributed by atoms with Crippen LogP contribution in [-0.2, 0) is 11.4 Å². The van der Waals surface area contributed by atoms with Crippen LogP contribution in [0, 0.1) is 5.92 Å². The molecule has 0 aliphatic carbocycles. The number of benzene rings is 1. The first-order valence-electron chi connectivity index (χ1n) is 4.79. The number of rotatable bonds is 5. The summed E-state index contributed by atoms with van der Waals surface area (Å²) in [5, 5.41) is 0. The van der Waals surface area contributed by atoms with Crippen LogP contribution in [0.3, 0.4) is 0 Å². The van der Waals surface area contributed by atoms with Gasteiger partial charge in [0.05, 0.1) is 12.3 Å². The highest BCUT2D eigenvalue weighted by Crippen LogP contribution is 2.27. The van der Waals surface area contributed by atoms with Gasteiger partial charge in [-0.25, -0.2) is 4.21 Å². The molecule has 0 bridgehead atoms. The summed E-state index contributed by atoms with van der Waals surface area (Å²) in [6, 6.07) is 4.48. The molecule has 0 fully saturated rings. The molecule has 1 unspecified atom stereocenters. The highest BCUT2D eigenvalue weighted by atomic mass is 32.2. The third kappa shape index (κ3) is 4.08. The largest absolute Gasteiger partial charge is 0.740 e. The molecule has 1 atom stereocenters. The van der Waals surface area contributed by atoms with E-state index in [1.54, 1.807) is 6.07 Å². The van der Waals surface area contributed by atoms with Gasteiger partial charge in [0.15, 0.2) is 0 Å². The first-order chi connectivity index (χ1) is 7.49. The maximum absolute atomic E-state index is 10.3. The second-order valence-corrected chi connectivity index (χ2v) is 4.27. The van der Waals surface area contributed by atoms with Crippen LogP contribution in [0.2, 0.25) is 0 Å². The summed E-state index contributed by atoms with van der Waals surface area (Å²) in [4.78, 5) is 0. The van der Waals surface area contributed by atoms with E-state index in [2.05, 4.69) is 4.18 Å². The van der Waals surface area contributed by atoms with Crippen LogP contribution in [0.25, 0.3) is 0 Å². The molecule has 0 saturated carbocycles. The SMILES string of the molecule is CC(C)COc1ccc(OS(=O)[O-])cc1N. The highest BCUT2D eigenvalue weighted by molar-refractivity contribution is 7.74. The Balaban J connectivity index is 2.71. The lowest BCUT2D eigenvalue weighted by atomic mass is 10.2. The van der Waals surface area contributed by atoms with Crippen molar-refractivity contribution in [1.82, 2.24) is 0 Å². The Morgan fingerprint density at radius 3 is 2.69 bits per heavy atom. The molecular weight excluding hydrogens is 230 g/mol.